The summed E-state index contributed by atoms with van der Waals surface area (Å²) in [6.45, 7) is 6.81. The molecule has 15 heteroatoms. The van der Waals surface area contributed by atoms with Crippen LogP contribution in [0.3, 0.4) is 0 Å². The van der Waals surface area contributed by atoms with Gasteiger partial charge in [-0.05, 0) is 36.4 Å². The molecule has 0 radical (unpaired) electrons. The molecular weight excluding hydrogens is 648 g/mol. The lowest BCUT2D eigenvalue weighted by Crippen LogP contribution is -2.35. The Hall–Kier alpha value is -6.25. The number of carbonyl (C=O) groups is 7. The van der Waals surface area contributed by atoms with Crippen LogP contribution in [0.15, 0.2) is 48.5 Å². The van der Waals surface area contributed by atoms with Crippen molar-refractivity contribution in [1.29, 1.82) is 0 Å². The molecule has 0 aromatic heterocycles. The lowest BCUT2D eigenvalue weighted by molar-refractivity contribution is -0.135. The molecule has 1 heterocycles. The van der Waals surface area contributed by atoms with Gasteiger partial charge in [0.25, 0.3) is 0 Å². The van der Waals surface area contributed by atoms with E-state index in [9.17, 15) is 33.6 Å². The summed E-state index contributed by atoms with van der Waals surface area (Å²) in [4.78, 5) is 84.6. The molecule has 3 aromatic carbocycles. The van der Waals surface area contributed by atoms with Gasteiger partial charge in [-0.3, -0.25) is 28.8 Å². The summed E-state index contributed by atoms with van der Waals surface area (Å²) in [7, 11) is 0. The fourth-order valence-corrected chi connectivity index (χ4v) is 4.78. The van der Waals surface area contributed by atoms with Gasteiger partial charge in [0.1, 0.15) is 29.1 Å². The number of esters is 7. The lowest BCUT2D eigenvalue weighted by Gasteiger charge is -2.34. The fourth-order valence-electron chi connectivity index (χ4n) is 4.78. The maximum Gasteiger partial charge on any atom is 0.338 e. The van der Waals surface area contributed by atoms with Crippen LogP contribution in [0.2, 0.25) is 0 Å². The van der Waals surface area contributed by atoms with Gasteiger partial charge in [0.05, 0.1) is 5.56 Å². The van der Waals surface area contributed by atoms with Gasteiger partial charge in [0, 0.05) is 71.2 Å². The van der Waals surface area contributed by atoms with E-state index in [1.54, 1.807) is 0 Å². The van der Waals surface area contributed by atoms with Gasteiger partial charge in [0.2, 0.25) is 5.75 Å². The van der Waals surface area contributed by atoms with Crippen molar-refractivity contribution in [2.75, 3.05) is 0 Å². The number of carbonyl (C=O) groups excluding carboxylic acids is 7. The second kappa shape index (κ2) is 15.1. The molecular formula is C34H30O15. The summed E-state index contributed by atoms with van der Waals surface area (Å²) >= 11 is 0. The molecule has 0 spiro atoms. The second-order valence-corrected chi connectivity index (χ2v) is 10.5. The number of rotatable bonds is 9. The minimum atomic E-state index is -1.26. The van der Waals surface area contributed by atoms with Crippen LogP contribution < -0.4 is 33.2 Å². The Bertz CT molecular complexity index is 1800. The first-order valence-electron chi connectivity index (χ1n) is 14.5. The van der Waals surface area contributed by atoms with Crippen molar-refractivity contribution in [2.24, 2.45) is 0 Å². The fraction of sp³-hybridized carbons (Fsp3) is 0.265. The van der Waals surface area contributed by atoms with Crippen molar-refractivity contribution in [2.45, 2.75) is 60.2 Å². The van der Waals surface area contributed by atoms with Crippen LogP contribution in [0.1, 0.15) is 69.1 Å². The van der Waals surface area contributed by atoms with Crippen molar-refractivity contribution in [1.82, 2.24) is 0 Å². The molecule has 0 aliphatic carbocycles. The van der Waals surface area contributed by atoms with Crippen LogP contribution in [0, 0.1) is 0 Å². The zero-order valence-electron chi connectivity index (χ0n) is 27.1. The molecule has 0 saturated heterocycles. The summed E-state index contributed by atoms with van der Waals surface area (Å²) in [6.07, 6.45) is -2.61. The zero-order valence-corrected chi connectivity index (χ0v) is 27.1. The minimum Gasteiger partial charge on any atom is -0.481 e. The monoisotopic (exact) mass is 678 g/mol. The first kappa shape index (κ1) is 35.6. The molecule has 1 aliphatic rings. The Morgan fingerprint density at radius 2 is 1.06 bits per heavy atom. The SMILES string of the molecule is CC(=O)Oc1ccc(C(=O)O[C@@H]2Cc3c(OC(C)=O)cc(OC(C)=O)cc3O[C@H]2c2cc(OC(C)=O)c(OC(C)=O)c(OC(C)=O)c2)cc1. The van der Waals surface area contributed by atoms with Crippen molar-refractivity contribution in [3.05, 3.63) is 65.2 Å². The average molecular weight is 679 g/mol. The first-order chi connectivity index (χ1) is 23.1. The normalized spacial score (nSPS) is 14.6. The van der Waals surface area contributed by atoms with E-state index in [2.05, 4.69) is 0 Å². The van der Waals surface area contributed by atoms with Gasteiger partial charge in [-0.15, -0.1) is 0 Å². The predicted molar refractivity (Wildman–Crippen MR) is 163 cm³/mol. The summed E-state index contributed by atoms with van der Waals surface area (Å²) < 4.78 is 43.6. The quantitative estimate of drug-likeness (QED) is 0.231. The number of hydrogen-bond acceptors (Lipinski definition) is 15. The van der Waals surface area contributed by atoms with Gasteiger partial charge in [0.15, 0.2) is 17.6 Å². The molecule has 0 saturated carbocycles. The average Bonchev–Trinajstić information content (AvgIpc) is 2.97. The van der Waals surface area contributed by atoms with E-state index >= 15 is 0 Å². The highest BCUT2D eigenvalue weighted by atomic mass is 16.6. The van der Waals surface area contributed by atoms with E-state index in [0.717, 1.165) is 27.7 Å². The maximum atomic E-state index is 13.4. The number of benzene rings is 3. The van der Waals surface area contributed by atoms with Gasteiger partial charge < -0.3 is 37.9 Å². The van der Waals surface area contributed by atoms with Crippen LogP contribution in [-0.2, 0) is 39.9 Å². The molecule has 3 aromatic rings. The van der Waals surface area contributed by atoms with E-state index in [1.165, 1.54) is 62.4 Å². The molecule has 4 rings (SSSR count). The topological polar surface area (TPSA) is 193 Å². The van der Waals surface area contributed by atoms with E-state index in [1.807, 2.05) is 0 Å². The van der Waals surface area contributed by atoms with Gasteiger partial charge >= 0.3 is 41.8 Å². The van der Waals surface area contributed by atoms with Gasteiger partial charge in [-0.25, -0.2) is 4.79 Å². The number of ether oxygens (including phenoxy) is 8. The summed E-state index contributed by atoms with van der Waals surface area (Å²) in [5.74, 6) is -6.08. The molecule has 0 unspecified atom stereocenters. The highest BCUT2D eigenvalue weighted by Gasteiger charge is 2.38. The molecule has 0 amide bonds. The van der Waals surface area contributed by atoms with Crippen LogP contribution in [0.5, 0.6) is 40.2 Å². The molecule has 0 fully saturated rings. The highest BCUT2D eigenvalue weighted by molar-refractivity contribution is 5.90. The summed E-state index contributed by atoms with van der Waals surface area (Å²) in [5, 5.41) is 0. The maximum absolute atomic E-state index is 13.4. The largest absolute Gasteiger partial charge is 0.481 e. The van der Waals surface area contributed by atoms with Crippen molar-refractivity contribution in [3.8, 4) is 40.2 Å². The Morgan fingerprint density at radius 3 is 1.57 bits per heavy atom. The van der Waals surface area contributed by atoms with E-state index in [4.69, 9.17) is 37.9 Å². The van der Waals surface area contributed by atoms with Crippen LogP contribution in [-0.4, -0.2) is 47.9 Å². The lowest BCUT2D eigenvalue weighted by atomic mass is 9.93. The highest BCUT2D eigenvalue weighted by Crippen LogP contribution is 2.47. The Balaban J connectivity index is 1.88. The molecule has 2 atom stereocenters. The van der Waals surface area contributed by atoms with Crippen LogP contribution in [0.4, 0.5) is 0 Å². The zero-order chi connectivity index (χ0) is 36.0. The van der Waals surface area contributed by atoms with Crippen LogP contribution in [0.25, 0.3) is 0 Å². The summed E-state index contributed by atoms with van der Waals surface area (Å²) in [5.41, 5.74) is 0.448. The molecule has 256 valence electrons. The van der Waals surface area contributed by atoms with E-state index < -0.39 is 54.0 Å². The number of fused-ring (bicyclic) bond motifs is 1. The van der Waals surface area contributed by atoms with E-state index in [0.29, 0.717) is 0 Å². The molecule has 49 heavy (non-hydrogen) atoms. The van der Waals surface area contributed by atoms with Gasteiger partial charge in [-0.2, -0.15) is 0 Å². The summed E-state index contributed by atoms with van der Waals surface area (Å²) in [6, 6.07) is 10.7. The van der Waals surface area contributed by atoms with Crippen LogP contribution >= 0.6 is 0 Å². The van der Waals surface area contributed by atoms with E-state index in [-0.39, 0.29) is 63.4 Å². The predicted octanol–water partition coefficient (Wildman–Crippen LogP) is 4.14. The Morgan fingerprint density at radius 1 is 0.571 bits per heavy atom. The molecule has 15 nitrogen and oxygen atoms in total. The smallest absolute Gasteiger partial charge is 0.338 e. The third-order valence-corrected chi connectivity index (χ3v) is 6.39. The second-order valence-electron chi connectivity index (χ2n) is 10.5. The minimum absolute atomic E-state index is 0.0315. The van der Waals surface area contributed by atoms with Crippen molar-refractivity contribution >= 4 is 41.8 Å². The Kier molecular flexibility index (Phi) is 11.0. The number of hydrogen-bond donors (Lipinski definition) is 0. The third kappa shape index (κ3) is 9.41. The first-order valence-corrected chi connectivity index (χ1v) is 14.5. The van der Waals surface area contributed by atoms with Gasteiger partial charge in [-0.1, -0.05) is 0 Å². The Labute approximate surface area is 278 Å². The van der Waals surface area contributed by atoms with Crippen molar-refractivity contribution < 1.29 is 71.5 Å². The third-order valence-electron chi connectivity index (χ3n) is 6.39. The van der Waals surface area contributed by atoms with Crippen molar-refractivity contribution in [3.63, 3.8) is 0 Å². The molecule has 0 bridgehead atoms. The standard InChI is InChI=1S/C34H30O15/c1-16(35)42-24-9-7-22(8-10-24)34(41)49-31-15-26-27(44-18(3)37)13-25(43-17(2)36)14-28(26)48-32(31)23-11-29(45-19(4)38)33(47-21(6)40)30(12-23)46-20(5)39/h7-14,31-32H,15H2,1-6H3/t31-,32+/m1/s1. The molecule has 0 N–H and O–H groups in total. The molecule has 1 aliphatic heterocycles.